The lowest BCUT2D eigenvalue weighted by atomic mass is 10.0. The smallest absolute Gasteiger partial charge is 0.344 e. The SMILES string of the molecule is CN(C)c1nc(-c2ccccc2)c(Cc2ccccc2)c(=O)o1. The zero-order valence-electron chi connectivity index (χ0n) is 13.2. The zero-order valence-corrected chi connectivity index (χ0v) is 13.2. The molecule has 0 aliphatic heterocycles. The average Bonchev–Trinajstić information content (AvgIpc) is 2.58. The molecule has 0 unspecified atom stereocenters. The van der Waals surface area contributed by atoms with Crippen molar-refractivity contribution in [3.63, 3.8) is 0 Å². The van der Waals surface area contributed by atoms with Gasteiger partial charge in [-0.1, -0.05) is 60.7 Å². The largest absolute Gasteiger partial charge is 0.389 e. The summed E-state index contributed by atoms with van der Waals surface area (Å²) in [4.78, 5) is 18.8. The third-order valence-corrected chi connectivity index (χ3v) is 3.58. The molecule has 23 heavy (non-hydrogen) atoms. The summed E-state index contributed by atoms with van der Waals surface area (Å²) in [5.74, 6) is 0. The number of anilines is 1. The lowest BCUT2D eigenvalue weighted by Crippen LogP contribution is -2.18. The second-order valence-corrected chi connectivity index (χ2v) is 5.53. The number of benzene rings is 2. The lowest BCUT2D eigenvalue weighted by Gasteiger charge is -2.13. The Morgan fingerprint density at radius 1 is 0.957 bits per heavy atom. The van der Waals surface area contributed by atoms with E-state index in [-0.39, 0.29) is 5.63 Å². The molecule has 2 aromatic carbocycles. The molecule has 0 spiro atoms. The fourth-order valence-corrected chi connectivity index (χ4v) is 2.41. The summed E-state index contributed by atoms with van der Waals surface area (Å²) >= 11 is 0. The van der Waals surface area contributed by atoms with Crippen LogP contribution in [0.2, 0.25) is 0 Å². The van der Waals surface area contributed by atoms with Gasteiger partial charge in [-0.15, -0.1) is 0 Å². The third kappa shape index (κ3) is 3.31. The van der Waals surface area contributed by atoms with Crippen LogP contribution in [-0.4, -0.2) is 19.1 Å². The summed E-state index contributed by atoms with van der Waals surface area (Å²) < 4.78 is 5.36. The van der Waals surface area contributed by atoms with Crippen molar-refractivity contribution in [3.8, 4) is 11.3 Å². The van der Waals surface area contributed by atoms with Crippen LogP contribution in [0.4, 0.5) is 6.01 Å². The summed E-state index contributed by atoms with van der Waals surface area (Å²) in [6.07, 6.45) is 0.494. The van der Waals surface area contributed by atoms with Gasteiger partial charge in [0, 0.05) is 26.1 Å². The fraction of sp³-hybridized carbons (Fsp3) is 0.158. The Balaban J connectivity index is 2.16. The Morgan fingerprint density at radius 2 is 1.57 bits per heavy atom. The Hall–Kier alpha value is -2.88. The molecule has 0 bridgehead atoms. The quantitative estimate of drug-likeness (QED) is 0.741. The van der Waals surface area contributed by atoms with Crippen molar-refractivity contribution < 1.29 is 4.42 Å². The second-order valence-electron chi connectivity index (χ2n) is 5.53. The van der Waals surface area contributed by atoms with E-state index in [4.69, 9.17) is 4.42 Å². The summed E-state index contributed by atoms with van der Waals surface area (Å²) in [5, 5.41) is 0. The highest BCUT2D eigenvalue weighted by Gasteiger charge is 2.16. The molecule has 0 N–H and O–H groups in total. The lowest BCUT2D eigenvalue weighted by molar-refractivity contribution is 0.486. The van der Waals surface area contributed by atoms with Crippen LogP contribution in [0.1, 0.15) is 11.1 Å². The number of hydrogen-bond donors (Lipinski definition) is 0. The van der Waals surface area contributed by atoms with Crippen molar-refractivity contribution in [1.82, 2.24) is 4.98 Å². The van der Waals surface area contributed by atoms with E-state index in [9.17, 15) is 4.79 Å². The van der Waals surface area contributed by atoms with E-state index in [1.165, 1.54) is 0 Å². The highest BCUT2D eigenvalue weighted by Crippen LogP contribution is 2.23. The van der Waals surface area contributed by atoms with E-state index in [2.05, 4.69) is 4.98 Å². The van der Waals surface area contributed by atoms with Gasteiger partial charge < -0.3 is 9.32 Å². The van der Waals surface area contributed by atoms with Crippen molar-refractivity contribution in [2.75, 3.05) is 19.0 Å². The highest BCUT2D eigenvalue weighted by atomic mass is 16.4. The van der Waals surface area contributed by atoms with Crippen LogP contribution in [0, 0.1) is 0 Å². The molecule has 4 nitrogen and oxygen atoms in total. The number of rotatable bonds is 4. The van der Waals surface area contributed by atoms with Crippen LogP contribution < -0.4 is 10.5 Å². The van der Waals surface area contributed by atoms with Gasteiger partial charge in [0.1, 0.15) is 0 Å². The maximum absolute atomic E-state index is 12.5. The molecule has 0 saturated carbocycles. The molecule has 3 rings (SSSR count). The normalized spacial score (nSPS) is 10.5. The minimum absolute atomic E-state index is 0.311. The van der Waals surface area contributed by atoms with Gasteiger partial charge in [-0.25, -0.2) is 4.79 Å². The van der Waals surface area contributed by atoms with Crippen molar-refractivity contribution in [2.24, 2.45) is 0 Å². The van der Waals surface area contributed by atoms with Gasteiger partial charge in [-0.3, -0.25) is 0 Å². The first kappa shape index (κ1) is 15.0. The molecule has 1 aromatic heterocycles. The number of hydrogen-bond acceptors (Lipinski definition) is 4. The van der Waals surface area contributed by atoms with Crippen LogP contribution in [0.3, 0.4) is 0 Å². The molecule has 4 heteroatoms. The predicted molar refractivity (Wildman–Crippen MR) is 91.8 cm³/mol. The van der Waals surface area contributed by atoms with E-state index in [0.29, 0.717) is 23.7 Å². The van der Waals surface area contributed by atoms with Gasteiger partial charge in [-0.05, 0) is 5.56 Å². The van der Waals surface area contributed by atoms with Crippen molar-refractivity contribution in [1.29, 1.82) is 0 Å². The molecule has 116 valence electrons. The minimum atomic E-state index is -0.341. The number of aromatic nitrogens is 1. The van der Waals surface area contributed by atoms with E-state index >= 15 is 0 Å². The first-order valence-corrected chi connectivity index (χ1v) is 7.46. The van der Waals surface area contributed by atoms with Gasteiger partial charge in [-0.2, -0.15) is 4.98 Å². The summed E-state index contributed by atoms with van der Waals surface area (Å²) in [6, 6.07) is 19.9. The maximum atomic E-state index is 12.5. The monoisotopic (exact) mass is 306 g/mol. The standard InChI is InChI=1S/C19H18N2O2/c1-21(2)19-20-17(15-11-7-4-8-12-15)16(18(22)23-19)13-14-9-5-3-6-10-14/h3-12H,13H2,1-2H3. The third-order valence-electron chi connectivity index (χ3n) is 3.58. The van der Waals surface area contributed by atoms with Gasteiger partial charge >= 0.3 is 5.63 Å². The Kier molecular flexibility index (Phi) is 4.24. The minimum Gasteiger partial charge on any atom is -0.389 e. The zero-order chi connectivity index (χ0) is 16.2. The molecule has 1 heterocycles. The average molecular weight is 306 g/mol. The fourth-order valence-electron chi connectivity index (χ4n) is 2.41. The summed E-state index contributed by atoms with van der Waals surface area (Å²) in [6.45, 7) is 0. The summed E-state index contributed by atoms with van der Waals surface area (Å²) in [7, 11) is 3.60. The first-order chi connectivity index (χ1) is 11.1. The molecule has 0 atom stereocenters. The Morgan fingerprint density at radius 3 is 2.17 bits per heavy atom. The van der Waals surface area contributed by atoms with Crippen LogP contribution in [0.25, 0.3) is 11.3 Å². The molecular formula is C19H18N2O2. The van der Waals surface area contributed by atoms with Crippen LogP contribution >= 0.6 is 0 Å². The predicted octanol–water partition coefficient (Wildman–Crippen LogP) is 3.36. The Bertz CT molecular complexity index is 840. The molecule has 0 aliphatic carbocycles. The number of nitrogens with zero attached hydrogens (tertiary/aromatic N) is 2. The van der Waals surface area contributed by atoms with Crippen molar-refractivity contribution in [3.05, 3.63) is 82.2 Å². The van der Waals surface area contributed by atoms with Gasteiger partial charge in [0.05, 0.1) is 11.3 Å². The molecular weight excluding hydrogens is 288 g/mol. The molecule has 0 fully saturated rings. The molecule has 0 saturated heterocycles. The van der Waals surface area contributed by atoms with E-state index in [1.807, 2.05) is 60.7 Å². The van der Waals surface area contributed by atoms with E-state index < -0.39 is 0 Å². The van der Waals surface area contributed by atoms with Crippen molar-refractivity contribution >= 4 is 6.01 Å². The maximum Gasteiger partial charge on any atom is 0.344 e. The van der Waals surface area contributed by atoms with Gasteiger partial charge in [0.25, 0.3) is 6.01 Å². The van der Waals surface area contributed by atoms with Crippen LogP contribution in [0.15, 0.2) is 69.9 Å². The van der Waals surface area contributed by atoms with Crippen LogP contribution in [0.5, 0.6) is 0 Å². The summed E-state index contributed by atoms with van der Waals surface area (Å²) in [5.41, 5.74) is 2.87. The topological polar surface area (TPSA) is 46.3 Å². The highest BCUT2D eigenvalue weighted by molar-refractivity contribution is 5.64. The van der Waals surface area contributed by atoms with Gasteiger partial charge in [0.15, 0.2) is 0 Å². The Labute approximate surface area is 135 Å². The molecule has 3 aromatic rings. The molecule has 0 radical (unpaired) electrons. The second kappa shape index (κ2) is 6.48. The van der Waals surface area contributed by atoms with Gasteiger partial charge in [0.2, 0.25) is 0 Å². The molecule has 0 amide bonds. The van der Waals surface area contributed by atoms with Crippen LogP contribution in [-0.2, 0) is 6.42 Å². The van der Waals surface area contributed by atoms with Crippen molar-refractivity contribution in [2.45, 2.75) is 6.42 Å². The van der Waals surface area contributed by atoms with E-state index in [0.717, 1.165) is 11.1 Å². The molecule has 0 aliphatic rings. The first-order valence-electron chi connectivity index (χ1n) is 7.46. The van der Waals surface area contributed by atoms with E-state index in [1.54, 1.807) is 19.0 Å².